The molecule has 3 aromatic rings. The van der Waals surface area contributed by atoms with E-state index in [1.54, 1.807) is 14.0 Å². The SMILES string of the molecule is CNC(=O)NC(=O)C(C)Sc1nnc(-c2ccccc2OC)n1CCc1ccccc1. The van der Waals surface area contributed by atoms with Crippen LogP contribution in [0.4, 0.5) is 4.79 Å². The van der Waals surface area contributed by atoms with Crippen LogP contribution in [0.3, 0.4) is 0 Å². The number of imide groups is 1. The molecule has 0 aliphatic rings. The van der Waals surface area contributed by atoms with Crippen LogP contribution in [0.5, 0.6) is 5.75 Å². The van der Waals surface area contributed by atoms with Gasteiger partial charge in [-0.15, -0.1) is 10.2 Å². The quantitative estimate of drug-likeness (QED) is 0.524. The standard InChI is InChI=1S/C22H25N5O3S/c1-15(20(28)24-21(29)23-2)31-22-26-25-19(17-11-7-8-12-18(17)30-3)27(22)14-13-16-9-5-4-6-10-16/h4-12,15H,13-14H2,1-3H3,(H2,23,24,28,29). The van der Waals surface area contributed by atoms with Crippen molar-refractivity contribution in [2.45, 2.75) is 30.3 Å². The molecule has 31 heavy (non-hydrogen) atoms. The maximum Gasteiger partial charge on any atom is 0.321 e. The molecule has 1 atom stereocenters. The van der Waals surface area contributed by atoms with E-state index in [1.807, 2.05) is 47.0 Å². The van der Waals surface area contributed by atoms with Gasteiger partial charge in [-0.3, -0.25) is 10.1 Å². The fourth-order valence-corrected chi connectivity index (χ4v) is 3.85. The Kier molecular flexibility index (Phi) is 7.66. The van der Waals surface area contributed by atoms with Gasteiger partial charge in [0.05, 0.1) is 17.9 Å². The van der Waals surface area contributed by atoms with Crippen molar-refractivity contribution in [3.8, 4) is 17.1 Å². The van der Waals surface area contributed by atoms with Gasteiger partial charge in [-0.05, 0) is 31.0 Å². The summed E-state index contributed by atoms with van der Waals surface area (Å²) in [5, 5.41) is 13.5. The van der Waals surface area contributed by atoms with Crippen LogP contribution in [-0.2, 0) is 17.8 Å². The van der Waals surface area contributed by atoms with Gasteiger partial charge in [0.2, 0.25) is 5.91 Å². The van der Waals surface area contributed by atoms with E-state index < -0.39 is 17.2 Å². The zero-order valence-corrected chi connectivity index (χ0v) is 18.5. The van der Waals surface area contributed by atoms with Crippen molar-refractivity contribution in [3.05, 3.63) is 60.2 Å². The number of nitrogens with zero attached hydrogens (tertiary/aromatic N) is 3. The maximum atomic E-state index is 12.3. The third kappa shape index (κ3) is 5.64. The summed E-state index contributed by atoms with van der Waals surface area (Å²) < 4.78 is 7.49. The molecule has 2 aromatic carbocycles. The molecule has 0 bridgehead atoms. The number of hydrogen-bond acceptors (Lipinski definition) is 6. The largest absolute Gasteiger partial charge is 0.496 e. The molecule has 3 amide bonds. The van der Waals surface area contributed by atoms with E-state index in [4.69, 9.17) is 4.74 Å². The normalized spacial score (nSPS) is 11.6. The molecule has 1 unspecified atom stereocenters. The topological polar surface area (TPSA) is 98.1 Å². The first kappa shape index (κ1) is 22.4. The molecular weight excluding hydrogens is 414 g/mol. The lowest BCUT2D eigenvalue weighted by molar-refractivity contribution is -0.119. The minimum absolute atomic E-state index is 0.402. The van der Waals surface area contributed by atoms with E-state index in [0.717, 1.165) is 12.0 Å². The highest BCUT2D eigenvalue weighted by molar-refractivity contribution is 8.00. The fraction of sp³-hybridized carbons (Fsp3) is 0.273. The summed E-state index contributed by atoms with van der Waals surface area (Å²) in [4.78, 5) is 23.8. The fourth-order valence-electron chi connectivity index (χ4n) is 2.98. The summed E-state index contributed by atoms with van der Waals surface area (Å²) in [6.45, 7) is 2.35. The first-order valence-electron chi connectivity index (χ1n) is 9.83. The van der Waals surface area contributed by atoms with Crippen LogP contribution in [0, 0.1) is 0 Å². The second-order valence-electron chi connectivity index (χ2n) is 6.72. The van der Waals surface area contributed by atoms with Crippen LogP contribution in [0.25, 0.3) is 11.4 Å². The average Bonchev–Trinajstić information content (AvgIpc) is 3.20. The monoisotopic (exact) mass is 439 g/mol. The summed E-state index contributed by atoms with van der Waals surface area (Å²) in [5.41, 5.74) is 2.00. The van der Waals surface area contributed by atoms with Gasteiger partial charge in [0, 0.05) is 13.6 Å². The lowest BCUT2D eigenvalue weighted by atomic mass is 10.1. The van der Waals surface area contributed by atoms with Gasteiger partial charge in [0.1, 0.15) is 5.75 Å². The molecule has 8 nitrogen and oxygen atoms in total. The molecule has 0 fully saturated rings. The number of carbonyl (C=O) groups excluding carboxylic acids is 2. The number of aryl methyl sites for hydroxylation is 1. The van der Waals surface area contributed by atoms with Crippen molar-refractivity contribution in [2.75, 3.05) is 14.2 Å². The summed E-state index contributed by atoms with van der Waals surface area (Å²) in [6.07, 6.45) is 0.771. The van der Waals surface area contributed by atoms with Crippen LogP contribution in [0.1, 0.15) is 12.5 Å². The highest BCUT2D eigenvalue weighted by Crippen LogP contribution is 2.32. The van der Waals surface area contributed by atoms with Crippen LogP contribution in [-0.4, -0.2) is 46.1 Å². The molecule has 0 aliphatic heterocycles. The van der Waals surface area contributed by atoms with E-state index in [0.29, 0.717) is 23.3 Å². The lowest BCUT2D eigenvalue weighted by Gasteiger charge is -2.14. The van der Waals surface area contributed by atoms with Gasteiger partial charge in [0.15, 0.2) is 11.0 Å². The van der Waals surface area contributed by atoms with Crippen molar-refractivity contribution in [3.63, 3.8) is 0 Å². The number of para-hydroxylation sites is 1. The van der Waals surface area contributed by atoms with Crippen LogP contribution in [0.15, 0.2) is 59.8 Å². The zero-order chi connectivity index (χ0) is 22.2. The van der Waals surface area contributed by atoms with Gasteiger partial charge in [0.25, 0.3) is 0 Å². The minimum atomic E-state index is -0.544. The maximum absolute atomic E-state index is 12.3. The Balaban J connectivity index is 1.90. The van der Waals surface area contributed by atoms with Crippen LogP contribution < -0.4 is 15.4 Å². The molecule has 0 saturated carbocycles. The third-order valence-corrected chi connectivity index (χ3v) is 5.73. The van der Waals surface area contributed by atoms with E-state index in [1.165, 1.54) is 24.4 Å². The summed E-state index contributed by atoms with van der Waals surface area (Å²) >= 11 is 1.25. The Morgan fingerprint density at radius 2 is 1.81 bits per heavy atom. The number of carbonyl (C=O) groups is 2. The second-order valence-corrected chi connectivity index (χ2v) is 8.03. The van der Waals surface area contributed by atoms with E-state index in [2.05, 4.69) is 33.0 Å². The number of hydrogen-bond donors (Lipinski definition) is 2. The number of rotatable bonds is 8. The van der Waals surface area contributed by atoms with Crippen LogP contribution >= 0.6 is 11.8 Å². The number of thioether (sulfide) groups is 1. The second kappa shape index (κ2) is 10.6. The number of aromatic nitrogens is 3. The van der Waals surface area contributed by atoms with Crippen molar-refractivity contribution in [1.82, 2.24) is 25.4 Å². The molecule has 9 heteroatoms. The molecule has 0 saturated heterocycles. The number of amides is 3. The van der Waals surface area contributed by atoms with Crippen molar-refractivity contribution >= 4 is 23.7 Å². The Morgan fingerprint density at radius 1 is 1.10 bits per heavy atom. The molecular formula is C22H25N5O3S. The molecule has 162 valence electrons. The summed E-state index contributed by atoms with van der Waals surface area (Å²) in [6, 6.07) is 17.2. The Hall–Kier alpha value is -3.33. The lowest BCUT2D eigenvalue weighted by Crippen LogP contribution is -2.41. The zero-order valence-electron chi connectivity index (χ0n) is 17.7. The molecule has 0 aliphatic carbocycles. The van der Waals surface area contributed by atoms with Gasteiger partial charge in [-0.1, -0.05) is 54.2 Å². The first-order valence-corrected chi connectivity index (χ1v) is 10.7. The van der Waals surface area contributed by atoms with Gasteiger partial charge in [-0.2, -0.15) is 0 Å². The Bertz CT molecular complexity index is 1040. The van der Waals surface area contributed by atoms with Crippen molar-refractivity contribution < 1.29 is 14.3 Å². The predicted octanol–water partition coefficient (Wildman–Crippen LogP) is 3.13. The number of nitrogens with one attached hydrogen (secondary N) is 2. The van der Waals surface area contributed by atoms with E-state index in [-0.39, 0.29) is 0 Å². The number of methoxy groups -OCH3 is 1. The van der Waals surface area contributed by atoms with E-state index in [9.17, 15) is 9.59 Å². The number of benzene rings is 2. The Labute approximate surface area is 185 Å². The summed E-state index contributed by atoms with van der Waals surface area (Å²) in [5.74, 6) is 0.952. The highest BCUT2D eigenvalue weighted by Gasteiger charge is 2.23. The smallest absolute Gasteiger partial charge is 0.321 e. The molecule has 1 heterocycles. The molecule has 0 spiro atoms. The van der Waals surface area contributed by atoms with E-state index >= 15 is 0 Å². The average molecular weight is 440 g/mol. The van der Waals surface area contributed by atoms with Gasteiger partial charge >= 0.3 is 6.03 Å². The van der Waals surface area contributed by atoms with Crippen molar-refractivity contribution in [1.29, 1.82) is 0 Å². The molecule has 1 aromatic heterocycles. The molecule has 0 radical (unpaired) electrons. The van der Waals surface area contributed by atoms with Gasteiger partial charge in [-0.25, -0.2) is 4.79 Å². The predicted molar refractivity (Wildman–Crippen MR) is 120 cm³/mol. The number of urea groups is 1. The minimum Gasteiger partial charge on any atom is -0.496 e. The molecule has 2 N–H and O–H groups in total. The summed E-state index contributed by atoms with van der Waals surface area (Å²) in [7, 11) is 3.07. The van der Waals surface area contributed by atoms with Gasteiger partial charge < -0.3 is 14.6 Å². The molecule has 3 rings (SSSR count). The number of ether oxygens (including phenoxy) is 1. The van der Waals surface area contributed by atoms with Crippen LogP contribution in [0.2, 0.25) is 0 Å². The highest BCUT2D eigenvalue weighted by atomic mass is 32.2. The third-order valence-electron chi connectivity index (χ3n) is 4.65. The van der Waals surface area contributed by atoms with Crippen molar-refractivity contribution in [2.24, 2.45) is 0 Å². The first-order chi connectivity index (χ1) is 15.0. The Morgan fingerprint density at radius 3 is 2.52 bits per heavy atom.